The van der Waals surface area contributed by atoms with Gasteiger partial charge in [0.1, 0.15) is 0 Å². The van der Waals surface area contributed by atoms with Gasteiger partial charge in [0.25, 0.3) is 0 Å². The van der Waals surface area contributed by atoms with Crippen LogP contribution in [0.3, 0.4) is 0 Å². The Morgan fingerprint density at radius 3 is 2.48 bits per heavy atom. The van der Waals surface area contributed by atoms with Crippen molar-refractivity contribution in [3.63, 3.8) is 0 Å². The maximum absolute atomic E-state index is 6.25. The van der Waals surface area contributed by atoms with Crippen LogP contribution in [0.5, 0.6) is 0 Å². The summed E-state index contributed by atoms with van der Waals surface area (Å²) in [7, 11) is 0. The normalized spacial score (nSPS) is 53.8. The summed E-state index contributed by atoms with van der Waals surface area (Å²) in [5, 5.41) is 0. The van der Waals surface area contributed by atoms with Crippen molar-refractivity contribution in [2.24, 2.45) is 34.5 Å². The van der Waals surface area contributed by atoms with E-state index in [2.05, 4.69) is 26.0 Å². The van der Waals surface area contributed by atoms with Crippen LogP contribution in [-0.2, 0) is 9.47 Å². The van der Waals surface area contributed by atoms with Crippen molar-refractivity contribution in [1.29, 1.82) is 0 Å². The van der Waals surface area contributed by atoms with Crippen LogP contribution >= 0.6 is 0 Å². The summed E-state index contributed by atoms with van der Waals surface area (Å²) in [6.07, 6.45) is 15.6. The summed E-state index contributed by atoms with van der Waals surface area (Å²) < 4.78 is 12.5. The first kappa shape index (κ1) is 15.0. The van der Waals surface area contributed by atoms with Crippen LogP contribution < -0.4 is 0 Å². The molecule has 6 atom stereocenters. The molecule has 128 valence electrons. The summed E-state index contributed by atoms with van der Waals surface area (Å²) in [5.41, 5.74) is 0.824. The molecule has 0 radical (unpaired) electrons. The molecule has 0 aromatic heterocycles. The molecule has 1 spiro atoms. The monoisotopic (exact) mass is 316 g/mol. The van der Waals surface area contributed by atoms with Gasteiger partial charge in [0, 0.05) is 11.8 Å². The molecule has 0 aromatic rings. The van der Waals surface area contributed by atoms with Gasteiger partial charge in [-0.05, 0) is 74.0 Å². The predicted octanol–water partition coefficient (Wildman–Crippen LogP) is 4.94. The molecule has 0 unspecified atom stereocenters. The van der Waals surface area contributed by atoms with E-state index in [0.717, 1.165) is 43.3 Å². The fourth-order valence-electron chi connectivity index (χ4n) is 7.72. The van der Waals surface area contributed by atoms with Crippen LogP contribution in [0.4, 0.5) is 0 Å². The van der Waals surface area contributed by atoms with Crippen molar-refractivity contribution in [3.05, 3.63) is 12.2 Å². The van der Waals surface area contributed by atoms with Crippen molar-refractivity contribution in [2.75, 3.05) is 13.2 Å². The fourth-order valence-corrected chi connectivity index (χ4v) is 7.72. The maximum Gasteiger partial charge on any atom is 0.174 e. The quantitative estimate of drug-likeness (QED) is 0.589. The van der Waals surface area contributed by atoms with Gasteiger partial charge in [-0.3, -0.25) is 0 Å². The first-order chi connectivity index (χ1) is 11.1. The van der Waals surface area contributed by atoms with Gasteiger partial charge in [0.15, 0.2) is 5.79 Å². The van der Waals surface area contributed by atoms with E-state index in [1.807, 2.05) is 0 Å². The summed E-state index contributed by atoms with van der Waals surface area (Å²) in [5.74, 6) is 3.37. The van der Waals surface area contributed by atoms with Crippen molar-refractivity contribution in [2.45, 2.75) is 71.0 Å². The van der Waals surface area contributed by atoms with Crippen LogP contribution in [0.2, 0.25) is 0 Å². The molecule has 5 aliphatic rings. The molecule has 0 N–H and O–H groups in total. The number of hydrogen-bond donors (Lipinski definition) is 0. The lowest BCUT2D eigenvalue weighted by Crippen LogP contribution is -2.56. The minimum Gasteiger partial charge on any atom is -0.347 e. The van der Waals surface area contributed by atoms with E-state index < -0.39 is 0 Å². The summed E-state index contributed by atoms with van der Waals surface area (Å²) in [4.78, 5) is 0. The van der Waals surface area contributed by atoms with Gasteiger partial charge >= 0.3 is 0 Å². The van der Waals surface area contributed by atoms with Gasteiger partial charge in [-0.1, -0.05) is 26.0 Å². The molecule has 4 aliphatic carbocycles. The zero-order valence-corrected chi connectivity index (χ0v) is 14.9. The van der Waals surface area contributed by atoms with Crippen LogP contribution in [0.15, 0.2) is 12.2 Å². The van der Waals surface area contributed by atoms with Crippen molar-refractivity contribution >= 4 is 0 Å². The topological polar surface area (TPSA) is 18.5 Å². The lowest BCUT2D eigenvalue weighted by Gasteiger charge is -2.60. The van der Waals surface area contributed by atoms with Gasteiger partial charge in [0.2, 0.25) is 0 Å². The van der Waals surface area contributed by atoms with Crippen molar-refractivity contribution in [3.8, 4) is 0 Å². The highest BCUT2D eigenvalue weighted by Gasteiger charge is 2.66. The molecule has 5 rings (SSSR count). The Kier molecular flexibility index (Phi) is 3.15. The van der Waals surface area contributed by atoms with E-state index in [4.69, 9.17) is 9.47 Å². The molecule has 3 saturated carbocycles. The van der Waals surface area contributed by atoms with E-state index in [1.54, 1.807) is 0 Å². The second-order valence-corrected chi connectivity index (χ2v) is 9.51. The number of fused-ring (bicyclic) bond motifs is 6. The highest BCUT2D eigenvalue weighted by Crippen LogP contribution is 2.69. The summed E-state index contributed by atoms with van der Waals surface area (Å²) in [6.45, 7) is 6.73. The SMILES string of the molecule is C[C@]12CC=CC[C@@H]1CC[C@H]1[C@H]2CC[C@@]2(C)[C@@H]1CCC21OCCO1. The standard InChI is InChI=1S/C21H32O2/c1-19-10-4-3-5-15(19)6-7-16-17(19)8-11-20(2)18(16)9-12-21(20)22-13-14-23-21/h3-4,15-18H,5-14H2,1-2H3/t15-,16+,17-,18-,19+,20+/m1/s1. The molecule has 1 saturated heterocycles. The highest BCUT2D eigenvalue weighted by atomic mass is 16.7. The van der Waals surface area contributed by atoms with Gasteiger partial charge in [-0.25, -0.2) is 0 Å². The Balaban J connectivity index is 1.48. The first-order valence-corrected chi connectivity index (χ1v) is 10.0. The predicted molar refractivity (Wildman–Crippen MR) is 90.9 cm³/mol. The molecular weight excluding hydrogens is 284 g/mol. The van der Waals surface area contributed by atoms with Crippen LogP contribution in [0.1, 0.15) is 65.2 Å². The third-order valence-corrected chi connectivity index (χ3v) is 9.01. The van der Waals surface area contributed by atoms with E-state index in [0.29, 0.717) is 5.41 Å². The minimum atomic E-state index is -0.229. The second-order valence-electron chi connectivity index (χ2n) is 9.51. The summed E-state index contributed by atoms with van der Waals surface area (Å²) >= 11 is 0. The number of ether oxygens (including phenoxy) is 2. The zero-order chi connectivity index (χ0) is 15.7. The largest absolute Gasteiger partial charge is 0.347 e. The number of rotatable bonds is 0. The highest BCUT2D eigenvalue weighted by molar-refractivity contribution is 5.14. The number of allylic oxidation sites excluding steroid dienone is 2. The Morgan fingerprint density at radius 1 is 0.870 bits per heavy atom. The Bertz CT molecular complexity index is 520. The minimum absolute atomic E-state index is 0.229. The smallest absolute Gasteiger partial charge is 0.174 e. The lowest BCUT2D eigenvalue weighted by molar-refractivity contribution is -0.246. The molecule has 2 heteroatoms. The number of hydrogen-bond acceptors (Lipinski definition) is 2. The van der Waals surface area contributed by atoms with Gasteiger partial charge in [0.05, 0.1) is 13.2 Å². The van der Waals surface area contributed by atoms with Crippen LogP contribution in [0.25, 0.3) is 0 Å². The van der Waals surface area contributed by atoms with E-state index in [1.165, 1.54) is 44.9 Å². The van der Waals surface area contributed by atoms with E-state index in [9.17, 15) is 0 Å². The molecule has 4 fully saturated rings. The third kappa shape index (κ3) is 1.78. The van der Waals surface area contributed by atoms with Gasteiger partial charge < -0.3 is 9.47 Å². The molecule has 1 heterocycles. The molecule has 1 aliphatic heterocycles. The average Bonchev–Trinajstić information content (AvgIpc) is 3.14. The molecular formula is C21H32O2. The molecule has 23 heavy (non-hydrogen) atoms. The van der Waals surface area contributed by atoms with Crippen LogP contribution in [0, 0.1) is 34.5 Å². The second kappa shape index (κ2) is 4.85. The summed E-state index contributed by atoms with van der Waals surface area (Å²) in [6, 6.07) is 0. The molecule has 2 nitrogen and oxygen atoms in total. The van der Waals surface area contributed by atoms with Crippen molar-refractivity contribution in [1.82, 2.24) is 0 Å². The average molecular weight is 316 g/mol. The van der Waals surface area contributed by atoms with Gasteiger partial charge in [-0.15, -0.1) is 0 Å². The zero-order valence-electron chi connectivity index (χ0n) is 14.9. The van der Waals surface area contributed by atoms with E-state index >= 15 is 0 Å². The fraction of sp³-hybridized carbons (Fsp3) is 0.905. The Labute approximate surface area is 141 Å². The van der Waals surface area contributed by atoms with Crippen LogP contribution in [-0.4, -0.2) is 19.0 Å². The first-order valence-electron chi connectivity index (χ1n) is 10.0. The molecule has 0 aromatic carbocycles. The van der Waals surface area contributed by atoms with Gasteiger partial charge in [-0.2, -0.15) is 0 Å². The molecule has 0 bridgehead atoms. The Hall–Kier alpha value is -0.340. The Morgan fingerprint density at radius 2 is 1.65 bits per heavy atom. The third-order valence-electron chi connectivity index (χ3n) is 9.01. The van der Waals surface area contributed by atoms with Crippen molar-refractivity contribution < 1.29 is 9.47 Å². The molecule has 0 amide bonds. The maximum atomic E-state index is 6.25. The van der Waals surface area contributed by atoms with E-state index in [-0.39, 0.29) is 11.2 Å². The lowest BCUT2D eigenvalue weighted by atomic mass is 9.45.